The van der Waals surface area contributed by atoms with Crippen molar-refractivity contribution in [2.45, 2.75) is 18.4 Å². The maximum Gasteiger partial charge on any atom is 0.270 e. The van der Waals surface area contributed by atoms with Crippen LogP contribution in [0.1, 0.15) is 33.7 Å². The van der Waals surface area contributed by atoms with Gasteiger partial charge in [-0.1, -0.05) is 11.8 Å². The number of rotatable bonds is 6. The Morgan fingerprint density at radius 2 is 2.10 bits per heavy atom. The smallest absolute Gasteiger partial charge is 0.270 e. The fraction of sp³-hybridized carbons (Fsp3) is 0.263. The number of aliphatic imine (C=N–C) groups is 1. The molecule has 0 radical (unpaired) electrons. The lowest BCUT2D eigenvalue weighted by atomic mass is 9.92. The van der Waals surface area contributed by atoms with Gasteiger partial charge in [-0.3, -0.25) is 9.78 Å². The number of nitrogens with two attached hydrogens (primary N) is 1. The summed E-state index contributed by atoms with van der Waals surface area (Å²) in [5.41, 5.74) is 4.73. The number of alkyl halides is 1. The Balaban J connectivity index is 1.84. The second kappa shape index (κ2) is 8.73. The van der Waals surface area contributed by atoms with E-state index in [1.54, 1.807) is 6.07 Å². The number of pyridine rings is 2. The van der Waals surface area contributed by atoms with E-state index in [9.17, 15) is 22.4 Å². The summed E-state index contributed by atoms with van der Waals surface area (Å²) in [6.07, 6.45) is 1.04. The summed E-state index contributed by atoms with van der Waals surface area (Å²) < 4.78 is 52.5. The minimum absolute atomic E-state index is 0.152. The van der Waals surface area contributed by atoms with E-state index < -0.39 is 35.6 Å². The molecule has 0 spiro atoms. The molecule has 0 fully saturated rings. The number of carbonyl (C=O) groups excluding carboxylic acids is 1. The molecule has 1 aliphatic rings. The normalized spacial score (nSPS) is 18.8. The molecular weight excluding hydrogens is 408 g/mol. The Morgan fingerprint density at radius 3 is 2.76 bits per heavy atom. The molecule has 3 rings (SSSR count). The fourth-order valence-corrected chi connectivity index (χ4v) is 3.83. The standard InChI is InChI=1S/C19H16F4N4OS/c20-10-19(2-4-29-18(24)27-19)15-7-11(1-3-25-15)6-14(28)17-13(21)5-12(9-26-17)8-16(22)23/h1,3,5,7-9H,2,4,6,10H2,(H2,24,27)/t19-/m1/s1. The van der Waals surface area contributed by atoms with Crippen LogP contribution in [0.5, 0.6) is 0 Å². The summed E-state index contributed by atoms with van der Waals surface area (Å²) in [5.74, 6) is -1.06. The van der Waals surface area contributed by atoms with Gasteiger partial charge in [0, 0.05) is 36.2 Å². The first-order valence-electron chi connectivity index (χ1n) is 8.54. The number of Topliss-reactive ketones (excluding diaryl/α,β-unsaturated/α-hetero) is 1. The maximum absolute atomic E-state index is 14.1. The molecule has 0 saturated heterocycles. The fourth-order valence-electron chi connectivity index (χ4n) is 2.94. The maximum atomic E-state index is 14.1. The minimum atomic E-state index is -2.00. The number of hydrogen-bond acceptors (Lipinski definition) is 6. The first-order chi connectivity index (χ1) is 13.8. The summed E-state index contributed by atoms with van der Waals surface area (Å²) in [4.78, 5) is 24.5. The molecule has 0 unspecified atom stereocenters. The summed E-state index contributed by atoms with van der Waals surface area (Å²) in [7, 11) is 0. The molecular formula is C19H16F4N4OS. The number of carbonyl (C=O) groups is 1. The first kappa shape index (κ1) is 21.0. The van der Waals surface area contributed by atoms with Gasteiger partial charge in [0.2, 0.25) is 0 Å². The van der Waals surface area contributed by atoms with Gasteiger partial charge in [0.05, 0.1) is 5.69 Å². The molecule has 0 aliphatic carbocycles. The van der Waals surface area contributed by atoms with E-state index in [1.165, 1.54) is 24.0 Å². The van der Waals surface area contributed by atoms with E-state index in [4.69, 9.17) is 5.73 Å². The van der Waals surface area contributed by atoms with E-state index in [0.29, 0.717) is 29.5 Å². The van der Waals surface area contributed by atoms with E-state index in [1.807, 2.05) is 0 Å². The van der Waals surface area contributed by atoms with Gasteiger partial charge in [0.15, 0.2) is 16.8 Å². The molecule has 29 heavy (non-hydrogen) atoms. The molecule has 152 valence electrons. The Labute approximate surface area is 168 Å². The number of nitrogens with zero attached hydrogens (tertiary/aromatic N) is 3. The molecule has 3 heterocycles. The molecule has 1 atom stereocenters. The predicted molar refractivity (Wildman–Crippen MR) is 103 cm³/mol. The minimum Gasteiger partial charge on any atom is -0.379 e. The van der Waals surface area contributed by atoms with Gasteiger partial charge in [0.25, 0.3) is 6.08 Å². The number of thioether (sulfide) groups is 1. The molecule has 5 nitrogen and oxygen atoms in total. The Kier molecular flexibility index (Phi) is 6.31. The third-order valence-corrected chi connectivity index (χ3v) is 5.17. The van der Waals surface area contributed by atoms with Gasteiger partial charge in [0.1, 0.15) is 17.9 Å². The average Bonchev–Trinajstić information content (AvgIpc) is 2.67. The van der Waals surface area contributed by atoms with E-state index in [2.05, 4.69) is 15.0 Å². The number of aromatic nitrogens is 2. The highest BCUT2D eigenvalue weighted by Crippen LogP contribution is 2.35. The van der Waals surface area contributed by atoms with Crippen molar-refractivity contribution in [3.05, 3.63) is 65.0 Å². The largest absolute Gasteiger partial charge is 0.379 e. The number of ketones is 1. The summed E-state index contributed by atoms with van der Waals surface area (Å²) >= 11 is 1.33. The summed E-state index contributed by atoms with van der Waals surface area (Å²) in [6, 6.07) is 3.90. The van der Waals surface area contributed by atoms with Crippen LogP contribution < -0.4 is 5.73 Å². The topological polar surface area (TPSA) is 81.2 Å². The van der Waals surface area contributed by atoms with Gasteiger partial charge < -0.3 is 5.73 Å². The van der Waals surface area contributed by atoms with Crippen molar-refractivity contribution in [1.82, 2.24) is 9.97 Å². The molecule has 0 aromatic carbocycles. The predicted octanol–water partition coefficient (Wildman–Crippen LogP) is 3.89. The number of hydrogen-bond donors (Lipinski definition) is 1. The summed E-state index contributed by atoms with van der Waals surface area (Å²) in [5, 5.41) is 0.266. The molecule has 2 aromatic heterocycles. The van der Waals surface area contributed by atoms with Crippen molar-refractivity contribution < 1.29 is 22.4 Å². The van der Waals surface area contributed by atoms with Crippen molar-refractivity contribution in [2.24, 2.45) is 10.7 Å². The lowest BCUT2D eigenvalue weighted by Crippen LogP contribution is -2.34. The van der Waals surface area contributed by atoms with Crippen LogP contribution in [-0.4, -0.2) is 33.3 Å². The van der Waals surface area contributed by atoms with Crippen LogP contribution in [-0.2, 0) is 12.0 Å². The zero-order valence-corrected chi connectivity index (χ0v) is 15.9. The highest BCUT2D eigenvalue weighted by molar-refractivity contribution is 8.13. The van der Waals surface area contributed by atoms with Crippen LogP contribution in [0.3, 0.4) is 0 Å². The van der Waals surface area contributed by atoms with Crippen LogP contribution in [0.4, 0.5) is 17.6 Å². The van der Waals surface area contributed by atoms with Gasteiger partial charge >= 0.3 is 0 Å². The second-order valence-electron chi connectivity index (χ2n) is 6.40. The SMILES string of the molecule is NC1=N[C@](CF)(c2cc(CC(=O)c3ncc(C=C(F)F)cc3F)ccn2)CCS1. The number of amidine groups is 1. The molecule has 1 aliphatic heterocycles. The van der Waals surface area contributed by atoms with Gasteiger partial charge in [-0.15, -0.1) is 0 Å². The van der Waals surface area contributed by atoms with Crippen molar-refractivity contribution in [1.29, 1.82) is 0 Å². The third-order valence-electron chi connectivity index (χ3n) is 4.38. The molecule has 0 saturated carbocycles. The van der Waals surface area contributed by atoms with Gasteiger partial charge in [-0.2, -0.15) is 8.78 Å². The van der Waals surface area contributed by atoms with E-state index in [0.717, 1.165) is 12.3 Å². The average molecular weight is 424 g/mol. The Hall–Kier alpha value is -2.75. The summed E-state index contributed by atoms with van der Waals surface area (Å²) in [6.45, 7) is -0.797. The highest BCUT2D eigenvalue weighted by Gasteiger charge is 2.36. The molecule has 2 aromatic rings. The molecule has 0 bridgehead atoms. The second-order valence-corrected chi connectivity index (χ2v) is 7.51. The van der Waals surface area contributed by atoms with Crippen LogP contribution in [0.2, 0.25) is 0 Å². The Morgan fingerprint density at radius 1 is 1.31 bits per heavy atom. The van der Waals surface area contributed by atoms with E-state index >= 15 is 0 Å². The highest BCUT2D eigenvalue weighted by atomic mass is 32.2. The quantitative estimate of drug-likeness (QED) is 0.562. The van der Waals surface area contributed by atoms with Crippen molar-refractivity contribution in [3.63, 3.8) is 0 Å². The van der Waals surface area contributed by atoms with Crippen molar-refractivity contribution >= 4 is 28.8 Å². The molecule has 10 heteroatoms. The van der Waals surface area contributed by atoms with Crippen molar-refractivity contribution in [3.8, 4) is 0 Å². The first-order valence-corrected chi connectivity index (χ1v) is 9.52. The zero-order valence-electron chi connectivity index (χ0n) is 15.0. The zero-order chi connectivity index (χ0) is 21.0. The van der Waals surface area contributed by atoms with Gasteiger partial charge in [-0.25, -0.2) is 18.8 Å². The van der Waals surface area contributed by atoms with Crippen molar-refractivity contribution in [2.75, 3.05) is 12.4 Å². The van der Waals surface area contributed by atoms with Gasteiger partial charge in [-0.05, 0) is 30.2 Å². The third kappa shape index (κ3) is 4.81. The lowest BCUT2D eigenvalue weighted by molar-refractivity contribution is 0.0984. The lowest BCUT2D eigenvalue weighted by Gasteiger charge is -2.30. The molecule has 0 amide bonds. The van der Waals surface area contributed by atoms with Crippen LogP contribution in [0, 0.1) is 5.82 Å². The van der Waals surface area contributed by atoms with Crippen LogP contribution in [0.25, 0.3) is 6.08 Å². The monoisotopic (exact) mass is 424 g/mol. The van der Waals surface area contributed by atoms with Crippen LogP contribution >= 0.6 is 11.8 Å². The molecule has 2 N–H and O–H groups in total. The van der Waals surface area contributed by atoms with Crippen LogP contribution in [0.15, 0.2) is 41.7 Å². The number of halogens is 4. The van der Waals surface area contributed by atoms with E-state index in [-0.39, 0.29) is 17.2 Å². The Bertz CT molecular complexity index is 994.